The molecule has 15 nitrogen and oxygen atoms in total. The molecule has 3 heterocycles. The molecular weight excluding hydrogens is 1140 g/mol. The van der Waals surface area contributed by atoms with Crippen LogP contribution in [0.5, 0.6) is 0 Å². The van der Waals surface area contributed by atoms with E-state index in [1.165, 1.54) is 0 Å². The maximum atomic E-state index is 11.5. The van der Waals surface area contributed by atoms with E-state index in [4.69, 9.17) is 66.3 Å². The van der Waals surface area contributed by atoms with E-state index in [2.05, 4.69) is 0 Å². The molecule has 3 saturated heterocycles. The van der Waals surface area contributed by atoms with Gasteiger partial charge in [0.1, 0.15) is 67.1 Å². The summed E-state index contributed by atoms with van der Waals surface area (Å²) < 4.78 is 98.6. The molecule has 0 spiro atoms. The van der Waals surface area contributed by atoms with Crippen molar-refractivity contribution in [2.24, 2.45) is 0 Å². The minimum Gasteiger partial charge on any atom is -0.394 e. The molecule has 3 fully saturated rings. The lowest BCUT2D eigenvalue weighted by atomic mass is 9.95. The summed E-state index contributed by atoms with van der Waals surface area (Å²) in [6, 6.07) is 79.5. The Hall–Kier alpha value is -6.84. The molecule has 11 rings (SSSR count). The Bertz CT molecular complexity index is 3230. The van der Waals surface area contributed by atoms with Crippen molar-refractivity contribution in [3.8, 4) is 0 Å². The Morgan fingerprint density at radius 3 is 0.900 bits per heavy atom. The minimum absolute atomic E-state index is 0.0837. The Morgan fingerprint density at radius 2 is 0.567 bits per heavy atom. The monoisotopic (exact) mass is 1220 g/mol. The summed E-state index contributed by atoms with van der Waals surface area (Å²) in [6.45, 7) is 3.18. The van der Waals surface area contributed by atoms with E-state index in [-0.39, 0.29) is 52.9 Å². The molecule has 0 aromatic heterocycles. The maximum Gasteiger partial charge on any atom is 0.187 e. The first-order chi connectivity index (χ1) is 44.5. The average Bonchev–Trinajstić information content (AvgIpc) is 0.991. The number of hydrogen-bond acceptors (Lipinski definition) is 15. The Morgan fingerprint density at radius 1 is 0.289 bits per heavy atom. The van der Waals surface area contributed by atoms with Crippen LogP contribution in [0.1, 0.15) is 51.4 Å². The third kappa shape index (κ3) is 18.0. The highest BCUT2D eigenvalue weighted by Gasteiger charge is 2.57. The summed E-state index contributed by atoms with van der Waals surface area (Å²) in [7, 11) is 1.56. The Kier molecular flexibility index (Phi) is 24.4. The van der Waals surface area contributed by atoms with Crippen LogP contribution in [-0.4, -0.2) is 118 Å². The van der Waals surface area contributed by atoms with Crippen LogP contribution < -0.4 is 0 Å². The van der Waals surface area contributed by atoms with Gasteiger partial charge >= 0.3 is 0 Å². The Labute approximate surface area is 528 Å². The van der Waals surface area contributed by atoms with Crippen LogP contribution in [0.15, 0.2) is 243 Å². The summed E-state index contributed by atoms with van der Waals surface area (Å²) in [5.74, 6) is 0. The van der Waals surface area contributed by atoms with E-state index in [0.717, 1.165) is 44.5 Å². The number of aliphatic hydroxyl groups excluding tert-OH is 1. The molecule has 3 aliphatic rings. The van der Waals surface area contributed by atoms with Gasteiger partial charge in [0.05, 0.1) is 72.2 Å². The number of rotatable bonds is 31. The van der Waals surface area contributed by atoms with Crippen molar-refractivity contribution >= 4 is 0 Å². The smallest absolute Gasteiger partial charge is 0.187 e. The molecule has 0 aliphatic carbocycles. The molecule has 3 aliphatic heterocycles. The molecule has 0 radical (unpaired) electrons. The first-order valence-electron chi connectivity index (χ1n) is 31.1. The summed E-state index contributed by atoms with van der Waals surface area (Å²) in [5, 5.41) is 11.5. The first-order valence-corrected chi connectivity index (χ1v) is 31.1. The minimum atomic E-state index is -1.28. The van der Waals surface area contributed by atoms with Crippen LogP contribution in [-0.2, 0) is 119 Å². The normalized spacial score (nSPS) is 26.9. The summed E-state index contributed by atoms with van der Waals surface area (Å²) >= 11 is 0. The van der Waals surface area contributed by atoms with Gasteiger partial charge in [0.25, 0.3) is 0 Å². The van der Waals surface area contributed by atoms with E-state index in [1.54, 1.807) is 7.11 Å². The van der Waals surface area contributed by atoms with Crippen molar-refractivity contribution in [3.05, 3.63) is 287 Å². The fourth-order valence-electron chi connectivity index (χ4n) is 11.6. The summed E-state index contributed by atoms with van der Waals surface area (Å²) in [4.78, 5) is 0. The van der Waals surface area contributed by atoms with Gasteiger partial charge in [-0.3, -0.25) is 0 Å². The summed E-state index contributed by atoms with van der Waals surface area (Å²) in [6.07, 6.45) is -14.5. The first kappa shape index (κ1) is 64.7. The second-order valence-corrected chi connectivity index (χ2v) is 22.7. The van der Waals surface area contributed by atoms with E-state index in [1.807, 2.05) is 250 Å². The third-order valence-corrected chi connectivity index (χ3v) is 16.3. The van der Waals surface area contributed by atoms with E-state index in [0.29, 0.717) is 6.61 Å². The highest BCUT2D eigenvalue weighted by Crippen LogP contribution is 2.39. The molecule has 1 N–H and O–H groups in total. The highest BCUT2D eigenvalue weighted by atomic mass is 16.8. The molecule has 8 aromatic rings. The molecule has 0 bridgehead atoms. The molecule has 0 amide bonds. The van der Waals surface area contributed by atoms with Crippen LogP contribution in [0.25, 0.3) is 0 Å². The van der Waals surface area contributed by atoms with Gasteiger partial charge in [-0.25, -0.2) is 0 Å². The fourth-order valence-corrected chi connectivity index (χ4v) is 11.6. The zero-order valence-electron chi connectivity index (χ0n) is 51.0. The zero-order chi connectivity index (χ0) is 61.5. The zero-order valence-corrected chi connectivity index (χ0v) is 51.0. The molecule has 15 atom stereocenters. The van der Waals surface area contributed by atoms with Gasteiger partial charge < -0.3 is 71.4 Å². The maximum absolute atomic E-state index is 11.5. The predicted octanol–water partition coefficient (Wildman–Crippen LogP) is 11.9. The predicted molar refractivity (Wildman–Crippen MR) is 337 cm³/mol. The number of benzene rings is 8. The summed E-state index contributed by atoms with van der Waals surface area (Å²) in [5.41, 5.74) is 7.49. The van der Waals surface area contributed by atoms with Crippen molar-refractivity contribution in [1.82, 2.24) is 0 Å². The van der Waals surface area contributed by atoms with Gasteiger partial charge in [-0.2, -0.15) is 0 Å². The Balaban J connectivity index is 0.999. The van der Waals surface area contributed by atoms with Crippen LogP contribution in [0.3, 0.4) is 0 Å². The molecule has 90 heavy (non-hydrogen) atoms. The fraction of sp³-hybridized carbons (Fsp3) is 0.360. The highest BCUT2D eigenvalue weighted by molar-refractivity contribution is 5.20. The lowest BCUT2D eigenvalue weighted by Crippen LogP contribution is -2.67. The standard InChI is InChI=1S/C75H82O15/c1-53-64(79-45-55-29-13-4-14-30-55)69(72(73(77-2)86-53)90-74-70(84-50-60-39-23-9-24-40-60)67(82-48-58-35-19-7-20-36-58)65(62(43-76)87-74)80-46-56-31-15-5-16-32-56)89-75-71(85-51-61-41-25-10-26-42-61)68(83-49-59-37-21-8-22-38-59)66(81-47-57-33-17-6-18-34-57)63(88-75)52-78-44-54-27-11-3-12-28-54/h3-42,53,62-76H,43-52H2,1-2H3. The number of ether oxygens (including phenoxy) is 14. The molecule has 0 saturated carbocycles. The van der Waals surface area contributed by atoms with Crippen molar-refractivity contribution in [3.63, 3.8) is 0 Å². The van der Waals surface area contributed by atoms with Crippen molar-refractivity contribution in [1.29, 1.82) is 0 Å². The van der Waals surface area contributed by atoms with Gasteiger partial charge in [0.2, 0.25) is 0 Å². The second kappa shape index (κ2) is 34.0. The molecule has 15 heteroatoms. The molecular formula is C75H82O15. The quantitative estimate of drug-likeness (QED) is 0.0439. The van der Waals surface area contributed by atoms with Gasteiger partial charge in [-0.1, -0.05) is 243 Å². The number of aliphatic hydroxyl groups is 1. The SMILES string of the molecule is COC1OC(C)C(OCc2ccccc2)C(OC2OC(COCc3ccccc3)C(OCc3ccccc3)C(OCc3ccccc3)C2OCc2ccccc2)C1OC1OC(CO)C(OCc2ccccc2)C(OCc2ccccc2)C1OCc1ccccc1. The topological polar surface area (TPSA) is 149 Å². The van der Waals surface area contributed by atoms with E-state index < -0.39 is 98.7 Å². The lowest BCUT2D eigenvalue weighted by Gasteiger charge is -2.51. The molecule has 472 valence electrons. The largest absolute Gasteiger partial charge is 0.394 e. The van der Waals surface area contributed by atoms with Gasteiger partial charge in [-0.05, 0) is 51.4 Å². The molecule has 15 unspecified atom stereocenters. The van der Waals surface area contributed by atoms with Crippen LogP contribution in [0, 0.1) is 0 Å². The van der Waals surface area contributed by atoms with Gasteiger partial charge in [0.15, 0.2) is 18.9 Å². The van der Waals surface area contributed by atoms with Crippen LogP contribution >= 0.6 is 0 Å². The number of methoxy groups -OCH3 is 1. The van der Waals surface area contributed by atoms with E-state index in [9.17, 15) is 5.11 Å². The second-order valence-electron chi connectivity index (χ2n) is 22.7. The number of hydrogen-bond donors (Lipinski definition) is 1. The average molecular weight is 1220 g/mol. The lowest BCUT2D eigenvalue weighted by molar-refractivity contribution is -0.399. The van der Waals surface area contributed by atoms with Gasteiger partial charge in [0, 0.05) is 7.11 Å². The van der Waals surface area contributed by atoms with E-state index >= 15 is 0 Å². The van der Waals surface area contributed by atoms with Crippen molar-refractivity contribution < 1.29 is 71.4 Å². The van der Waals surface area contributed by atoms with Crippen LogP contribution in [0.4, 0.5) is 0 Å². The third-order valence-electron chi connectivity index (χ3n) is 16.3. The van der Waals surface area contributed by atoms with Crippen molar-refractivity contribution in [2.45, 2.75) is 152 Å². The van der Waals surface area contributed by atoms with Gasteiger partial charge in [-0.15, -0.1) is 0 Å². The van der Waals surface area contributed by atoms with Crippen molar-refractivity contribution in [2.75, 3.05) is 20.3 Å². The molecule has 8 aromatic carbocycles. The van der Waals surface area contributed by atoms with Crippen LogP contribution in [0.2, 0.25) is 0 Å².